The van der Waals surface area contributed by atoms with Gasteiger partial charge in [0.25, 0.3) is 0 Å². The molecular formula is C14H15N3O4. The van der Waals surface area contributed by atoms with Crippen LogP contribution in [-0.2, 0) is 6.54 Å². The summed E-state index contributed by atoms with van der Waals surface area (Å²) in [5.74, 6) is 0.135. The number of carboxylic acids is 1. The Hall–Kier alpha value is -2.83. The number of aromatic carboxylic acids is 1. The minimum absolute atomic E-state index is 0.235. The topological polar surface area (TPSA) is 93.6 Å². The Morgan fingerprint density at radius 3 is 2.43 bits per heavy atom. The number of hydrogen-bond acceptors (Lipinski definition) is 6. The molecule has 0 amide bonds. The van der Waals surface area contributed by atoms with Gasteiger partial charge in [0.05, 0.1) is 25.8 Å². The summed E-state index contributed by atoms with van der Waals surface area (Å²) < 4.78 is 10.1. The molecule has 1 heterocycles. The highest BCUT2D eigenvalue weighted by atomic mass is 16.5. The molecule has 1 aromatic carbocycles. The fourth-order valence-electron chi connectivity index (χ4n) is 1.69. The molecule has 1 aromatic heterocycles. The van der Waals surface area contributed by atoms with Gasteiger partial charge in [-0.3, -0.25) is 0 Å². The average molecular weight is 289 g/mol. The number of methoxy groups -OCH3 is 2. The molecule has 0 radical (unpaired) electrons. The molecule has 0 saturated heterocycles. The predicted molar refractivity (Wildman–Crippen MR) is 75.9 cm³/mol. The smallest absolute Gasteiger partial charge is 0.335 e. The Labute approximate surface area is 121 Å². The Balaban J connectivity index is 2.12. The average Bonchev–Trinajstić information content (AvgIpc) is 2.52. The van der Waals surface area contributed by atoms with E-state index < -0.39 is 5.97 Å². The van der Waals surface area contributed by atoms with E-state index in [2.05, 4.69) is 15.3 Å². The van der Waals surface area contributed by atoms with Crippen LogP contribution in [0.3, 0.4) is 0 Å². The van der Waals surface area contributed by atoms with Crippen LogP contribution in [0.5, 0.6) is 11.8 Å². The molecule has 0 spiro atoms. The van der Waals surface area contributed by atoms with E-state index >= 15 is 0 Å². The van der Waals surface area contributed by atoms with Crippen molar-refractivity contribution in [1.82, 2.24) is 9.97 Å². The van der Waals surface area contributed by atoms with Crippen LogP contribution >= 0.6 is 0 Å². The summed E-state index contributed by atoms with van der Waals surface area (Å²) >= 11 is 0. The summed E-state index contributed by atoms with van der Waals surface area (Å²) in [4.78, 5) is 19.2. The van der Waals surface area contributed by atoms with Crippen molar-refractivity contribution in [3.8, 4) is 11.8 Å². The van der Waals surface area contributed by atoms with Gasteiger partial charge in [0.2, 0.25) is 17.7 Å². The third kappa shape index (κ3) is 3.82. The van der Waals surface area contributed by atoms with E-state index in [0.29, 0.717) is 24.3 Å². The molecule has 7 heteroatoms. The zero-order valence-corrected chi connectivity index (χ0v) is 11.7. The predicted octanol–water partition coefficient (Wildman–Crippen LogP) is 1.80. The first-order chi connectivity index (χ1) is 10.1. The van der Waals surface area contributed by atoms with E-state index in [1.165, 1.54) is 20.3 Å². The number of benzene rings is 1. The van der Waals surface area contributed by atoms with Crippen LogP contribution in [0, 0.1) is 0 Å². The normalized spacial score (nSPS) is 10.0. The fraction of sp³-hybridized carbons (Fsp3) is 0.214. The third-order valence-corrected chi connectivity index (χ3v) is 2.72. The van der Waals surface area contributed by atoms with Crippen LogP contribution in [0.25, 0.3) is 0 Å². The highest BCUT2D eigenvalue weighted by Gasteiger charge is 2.06. The molecule has 0 atom stereocenters. The SMILES string of the molecule is COc1cc(OC)nc(NCc2cccc(C(=O)O)c2)n1. The molecule has 0 aliphatic rings. The number of nitrogens with zero attached hydrogens (tertiary/aromatic N) is 2. The monoisotopic (exact) mass is 289 g/mol. The van der Waals surface area contributed by atoms with E-state index in [9.17, 15) is 4.79 Å². The van der Waals surface area contributed by atoms with Crippen LogP contribution in [0.1, 0.15) is 15.9 Å². The van der Waals surface area contributed by atoms with Gasteiger partial charge < -0.3 is 19.9 Å². The van der Waals surface area contributed by atoms with Gasteiger partial charge in [-0.25, -0.2) is 4.79 Å². The highest BCUT2D eigenvalue weighted by Crippen LogP contribution is 2.17. The molecular weight excluding hydrogens is 274 g/mol. The van der Waals surface area contributed by atoms with Gasteiger partial charge in [-0.15, -0.1) is 0 Å². The Morgan fingerprint density at radius 1 is 1.19 bits per heavy atom. The molecule has 0 unspecified atom stereocenters. The lowest BCUT2D eigenvalue weighted by molar-refractivity contribution is 0.0696. The van der Waals surface area contributed by atoms with Gasteiger partial charge in [0.15, 0.2) is 0 Å². The van der Waals surface area contributed by atoms with Crippen molar-refractivity contribution < 1.29 is 19.4 Å². The summed E-state index contributed by atoms with van der Waals surface area (Å²) in [7, 11) is 3.00. The zero-order valence-electron chi connectivity index (χ0n) is 11.7. The van der Waals surface area contributed by atoms with Gasteiger partial charge in [-0.2, -0.15) is 9.97 Å². The summed E-state index contributed by atoms with van der Waals surface area (Å²) in [6, 6.07) is 8.20. The molecule has 0 fully saturated rings. The first-order valence-electron chi connectivity index (χ1n) is 6.15. The van der Waals surface area contributed by atoms with Crippen LogP contribution in [0.4, 0.5) is 5.95 Å². The molecule has 2 N–H and O–H groups in total. The van der Waals surface area contributed by atoms with E-state index in [0.717, 1.165) is 5.56 Å². The minimum Gasteiger partial charge on any atom is -0.481 e. The number of carbonyl (C=O) groups is 1. The summed E-state index contributed by atoms with van der Waals surface area (Å²) in [6.07, 6.45) is 0. The van der Waals surface area contributed by atoms with Gasteiger partial charge in [-0.05, 0) is 17.7 Å². The van der Waals surface area contributed by atoms with Crippen LogP contribution in [0.15, 0.2) is 30.3 Å². The molecule has 0 bridgehead atoms. The Bertz CT molecular complexity index is 624. The first kappa shape index (κ1) is 14.6. The van der Waals surface area contributed by atoms with Crippen molar-refractivity contribution in [3.63, 3.8) is 0 Å². The first-order valence-corrected chi connectivity index (χ1v) is 6.15. The molecule has 2 rings (SSSR count). The number of anilines is 1. The quantitative estimate of drug-likeness (QED) is 0.837. The second-order valence-electron chi connectivity index (χ2n) is 4.14. The second kappa shape index (κ2) is 6.56. The van der Waals surface area contributed by atoms with Crippen molar-refractivity contribution in [2.45, 2.75) is 6.54 Å². The number of carboxylic acid groups (broad SMARTS) is 1. The van der Waals surface area contributed by atoms with Crippen LogP contribution in [-0.4, -0.2) is 35.3 Å². The molecule has 2 aromatic rings. The van der Waals surface area contributed by atoms with Gasteiger partial charge >= 0.3 is 5.97 Å². The zero-order chi connectivity index (χ0) is 15.2. The lowest BCUT2D eigenvalue weighted by atomic mass is 10.1. The maximum atomic E-state index is 10.9. The minimum atomic E-state index is -0.962. The van der Waals surface area contributed by atoms with Crippen molar-refractivity contribution in [3.05, 3.63) is 41.5 Å². The highest BCUT2D eigenvalue weighted by molar-refractivity contribution is 5.87. The van der Waals surface area contributed by atoms with Gasteiger partial charge in [0.1, 0.15) is 0 Å². The largest absolute Gasteiger partial charge is 0.481 e. The second-order valence-corrected chi connectivity index (χ2v) is 4.14. The van der Waals surface area contributed by atoms with Crippen molar-refractivity contribution in [1.29, 1.82) is 0 Å². The molecule has 0 saturated carbocycles. The number of aromatic nitrogens is 2. The fourth-order valence-corrected chi connectivity index (χ4v) is 1.69. The van der Waals surface area contributed by atoms with Crippen molar-refractivity contribution in [2.75, 3.05) is 19.5 Å². The summed E-state index contributed by atoms with van der Waals surface area (Å²) in [5.41, 5.74) is 1.04. The number of rotatable bonds is 6. The molecule has 21 heavy (non-hydrogen) atoms. The standard InChI is InChI=1S/C14H15N3O4/c1-20-11-7-12(21-2)17-14(16-11)15-8-9-4-3-5-10(6-9)13(18)19/h3-7H,8H2,1-2H3,(H,18,19)(H,15,16,17). The van der Waals surface area contributed by atoms with E-state index in [1.54, 1.807) is 18.2 Å². The van der Waals surface area contributed by atoms with Crippen LogP contribution in [0.2, 0.25) is 0 Å². The summed E-state index contributed by atoms with van der Waals surface area (Å²) in [6.45, 7) is 0.386. The summed E-state index contributed by atoms with van der Waals surface area (Å²) in [5, 5.41) is 12.0. The number of hydrogen-bond donors (Lipinski definition) is 2. The number of ether oxygens (including phenoxy) is 2. The van der Waals surface area contributed by atoms with E-state index in [1.807, 2.05) is 6.07 Å². The molecule has 110 valence electrons. The molecule has 0 aliphatic carbocycles. The third-order valence-electron chi connectivity index (χ3n) is 2.72. The van der Waals surface area contributed by atoms with Gasteiger partial charge in [-0.1, -0.05) is 12.1 Å². The van der Waals surface area contributed by atoms with Gasteiger partial charge in [0, 0.05) is 6.54 Å². The maximum Gasteiger partial charge on any atom is 0.335 e. The van der Waals surface area contributed by atoms with E-state index in [-0.39, 0.29) is 5.56 Å². The lowest BCUT2D eigenvalue weighted by Gasteiger charge is -2.08. The lowest BCUT2D eigenvalue weighted by Crippen LogP contribution is -2.06. The maximum absolute atomic E-state index is 10.9. The Morgan fingerprint density at radius 2 is 1.86 bits per heavy atom. The van der Waals surface area contributed by atoms with Crippen molar-refractivity contribution in [2.24, 2.45) is 0 Å². The number of nitrogens with one attached hydrogen (secondary N) is 1. The van der Waals surface area contributed by atoms with Crippen LogP contribution < -0.4 is 14.8 Å². The molecule has 0 aliphatic heterocycles. The van der Waals surface area contributed by atoms with Crippen molar-refractivity contribution >= 4 is 11.9 Å². The molecule has 7 nitrogen and oxygen atoms in total. The Kier molecular flexibility index (Phi) is 4.55. The van der Waals surface area contributed by atoms with E-state index in [4.69, 9.17) is 14.6 Å².